The molecule has 0 fully saturated rings. The van der Waals surface area contributed by atoms with Crippen molar-refractivity contribution < 1.29 is 23.5 Å². The Hall–Kier alpha value is -2.02. The number of hydrogen-bond acceptors (Lipinski definition) is 3. The van der Waals surface area contributed by atoms with Gasteiger partial charge >= 0.3 is 5.97 Å². The lowest BCUT2D eigenvalue weighted by Crippen LogP contribution is -2.26. The van der Waals surface area contributed by atoms with E-state index in [9.17, 15) is 18.4 Å². The Morgan fingerprint density at radius 2 is 1.95 bits per heavy atom. The topological polar surface area (TPSA) is 92.4 Å². The fourth-order valence-corrected chi connectivity index (χ4v) is 1.41. The van der Waals surface area contributed by atoms with Crippen LogP contribution in [0.5, 0.6) is 0 Å². The number of nitrogens with one attached hydrogen (secondary N) is 1. The van der Waals surface area contributed by atoms with Gasteiger partial charge in [-0.2, -0.15) is 0 Å². The van der Waals surface area contributed by atoms with E-state index < -0.39 is 29.1 Å². The first kappa shape index (κ1) is 15.0. The molecule has 0 bridgehead atoms. The Morgan fingerprint density at radius 1 is 1.37 bits per heavy atom. The van der Waals surface area contributed by atoms with E-state index in [-0.39, 0.29) is 18.2 Å². The maximum atomic E-state index is 13.1. The first-order valence-corrected chi connectivity index (χ1v) is 5.63. The van der Waals surface area contributed by atoms with Gasteiger partial charge in [0.25, 0.3) is 0 Å². The summed E-state index contributed by atoms with van der Waals surface area (Å²) in [6, 6.07) is 0.778. The Bertz CT molecular complexity index is 506. The highest BCUT2D eigenvalue weighted by Gasteiger charge is 2.17. The summed E-state index contributed by atoms with van der Waals surface area (Å²) in [6.07, 6.45) is 0.533. The van der Waals surface area contributed by atoms with E-state index in [2.05, 4.69) is 5.32 Å². The summed E-state index contributed by atoms with van der Waals surface area (Å²) in [5.74, 6) is -4.54. The van der Waals surface area contributed by atoms with Crippen molar-refractivity contribution in [2.75, 3.05) is 5.32 Å². The van der Waals surface area contributed by atoms with Gasteiger partial charge in [0.2, 0.25) is 5.91 Å². The van der Waals surface area contributed by atoms with Crippen LogP contribution in [0.2, 0.25) is 0 Å². The van der Waals surface area contributed by atoms with Gasteiger partial charge in [-0.15, -0.1) is 0 Å². The molecule has 7 heteroatoms. The molecule has 0 heterocycles. The van der Waals surface area contributed by atoms with Crippen LogP contribution in [0.1, 0.15) is 30.1 Å². The minimum Gasteiger partial charge on any atom is -0.478 e. The van der Waals surface area contributed by atoms with Gasteiger partial charge in [-0.3, -0.25) is 4.79 Å². The van der Waals surface area contributed by atoms with Gasteiger partial charge in [-0.25, -0.2) is 13.6 Å². The molecule has 0 spiro atoms. The van der Waals surface area contributed by atoms with Crippen molar-refractivity contribution in [3.8, 4) is 0 Å². The monoisotopic (exact) mass is 272 g/mol. The molecule has 1 atom stereocenters. The fourth-order valence-electron chi connectivity index (χ4n) is 1.41. The molecule has 19 heavy (non-hydrogen) atoms. The Balaban J connectivity index is 2.97. The zero-order chi connectivity index (χ0) is 14.6. The van der Waals surface area contributed by atoms with Crippen molar-refractivity contribution in [3.63, 3.8) is 0 Å². The molecule has 1 unspecified atom stereocenters. The molecule has 0 saturated heterocycles. The standard InChI is InChI=1S/C12H14F2N2O3/c1-2-6(15)3-11(17)16-10-5-9(14)8(13)4-7(10)12(18)19/h4-6H,2-3,15H2,1H3,(H,16,17)(H,18,19). The fraction of sp³-hybridized carbons (Fsp3) is 0.333. The number of carbonyl (C=O) groups is 2. The van der Waals surface area contributed by atoms with Gasteiger partial charge in [-0.1, -0.05) is 6.92 Å². The lowest BCUT2D eigenvalue weighted by molar-refractivity contribution is -0.116. The maximum Gasteiger partial charge on any atom is 0.337 e. The molecule has 0 saturated carbocycles. The maximum absolute atomic E-state index is 13.1. The number of carboxylic acids is 1. The molecule has 1 aromatic carbocycles. The zero-order valence-electron chi connectivity index (χ0n) is 10.2. The summed E-state index contributed by atoms with van der Waals surface area (Å²) in [5, 5.41) is 11.1. The van der Waals surface area contributed by atoms with E-state index in [0.29, 0.717) is 18.6 Å². The van der Waals surface area contributed by atoms with E-state index in [1.165, 1.54) is 0 Å². The summed E-state index contributed by atoms with van der Waals surface area (Å²) in [7, 11) is 0. The molecule has 1 rings (SSSR count). The molecule has 104 valence electrons. The SMILES string of the molecule is CCC(N)CC(=O)Nc1cc(F)c(F)cc1C(=O)O. The van der Waals surface area contributed by atoms with Gasteiger partial charge < -0.3 is 16.2 Å². The quantitative estimate of drug-likeness (QED) is 0.761. The number of rotatable bonds is 5. The predicted octanol–water partition coefficient (Wildman–Crippen LogP) is 1.73. The molecule has 0 aliphatic rings. The van der Waals surface area contributed by atoms with Gasteiger partial charge in [0, 0.05) is 18.5 Å². The average molecular weight is 272 g/mol. The lowest BCUT2D eigenvalue weighted by atomic mass is 10.1. The predicted molar refractivity (Wildman–Crippen MR) is 64.8 cm³/mol. The first-order valence-electron chi connectivity index (χ1n) is 5.63. The van der Waals surface area contributed by atoms with Crippen molar-refractivity contribution in [3.05, 3.63) is 29.3 Å². The molecule has 4 N–H and O–H groups in total. The summed E-state index contributed by atoms with van der Waals surface area (Å²) in [6.45, 7) is 1.79. The van der Waals surface area contributed by atoms with Crippen LogP contribution in [-0.2, 0) is 4.79 Å². The van der Waals surface area contributed by atoms with E-state index >= 15 is 0 Å². The largest absolute Gasteiger partial charge is 0.478 e. The average Bonchev–Trinajstić information content (AvgIpc) is 2.32. The first-order chi connectivity index (χ1) is 8.85. The van der Waals surface area contributed by atoms with Crippen molar-refractivity contribution in [2.45, 2.75) is 25.8 Å². The van der Waals surface area contributed by atoms with Crippen molar-refractivity contribution >= 4 is 17.6 Å². The Kier molecular flexibility index (Phi) is 4.94. The molecule has 0 aromatic heterocycles. The van der Waals surface area contributed by atoms with Crippen LogP contribution >= 0.6 is 0 Å². The molecular formula is C12H14F2N2O3. The number of aromatic carboxylic acids is 1. The highest BCUT2D eigenvalue weighted by molar-refractivity contribution is 6.00. The van der Waals surface area contributed by atoms with Crippen LogP contribution in [0.4, 0.5) is 14.5 Å². The molecule has 1 amide bonds. The second-order valence-electron chi connectivity index (χ2n) is 4.04. The number of anilines is 1. The molecule has 0 aliphatic carbocycles. The number of nitrogens with two attached hydrogens (primary N) is 1. The number of carboxylic acid groups (broad SMARTS) is 1. The van der Waals surface area contributed by atoms with Crippen LogP contribution in [0, 0.1) is 11.6 Å². The number of benzene rings is 1. The van der Waals surface area contributed by atoms with Crippen LogP contribution in [-0.4, -0.2) is 23.0 Å². The molecule has 5 nitrogen and oxygen atoms in total. The normalized spacial score (nSPS) is 12.0. The highest BCUT2D eigenvalue weighted by Crippen LogP contribution is 2.20. The summed E-state index contributed by atoms with van der Waals surface area (Å²) in [4.78, 5) is 22.4. The number of halogens is 2. The second kappa shape index (κ2) is 6.24. The summed E-state index contributed by atoms with van der Waals surface area (Å²) < 4.78 is 26.0. The third-order valence-electron chi connectivity index (χ3n) is 2.54. The second-order valence-corrected chi connectivity index (χ2v) is 4.04. The van der Waals surface area contributed by atoms with E-state index in [0.717, 1.165) is 0 Å². The smallest absolute Gasteiger partial charge is 0.337 e. The van der Waals surface area contributed by atoms with Crippen LogP contribution < -0.4 is 11.1 Å². The molecule has 0 aliphatic heterocycles. The van der Waals surface area contributed by atoms with Gasteiger partial charge in [-0.05, 0) is 12.5 Å². The minimum atomic E-state index is -1.46. The van der Waals surface area contributed by atoms with Crippen LogP contribution in [0.15, 0.2) is 12.1 Å². The van der Waals surface area contributed by atoms with Crippen molar-refractivity contribution in [2.24, 2.45) is 5.73 Å². The third kappa shape index (κ3) is 3.99. The zero-order valence-corrected chi connectivity index (χ0v) is 10.2. The Morgan fingerprint density at radius 3 is 2.47 bits per heavy atom. The van der Waals surface area contributed by atoms with E-state index in [4.69, 9.17) is 10.8 Å². The Labute approximate surface area is 108 Å². The molecule has 1 aromatic rings. The summed E-state index contributed by atoms with van der Waals surface area (Å²) >= 11 is 0. The van der Waals surface area contributed by atoms with Gasteiger partial charge in [0.15, 0.2) is 11.6 Å². The lowest BCUT2D eigenvalue weighted by Gasteiger charge is -2.11. The number of hydrogen-bond donors (Lipinski definition) is 3. The number of carbonyl (C=O) groups excluding carboxylic acids is 1. The van der Waals surface area contributed by atoms with Gasteiger partial charge in [0.1, 0.15) is 0 Å². The van der Waals surface area contributed by atoms with E-state index in [1.54, 1.807) is 6.92 Å². The molecule has 0 radical (unpaired) electrons. The van der Waals surface area contributed by atoms with Gasteiger partial charge in [0.05, 0.1) is 11.3 Å². The highest BCUT2D eigenvalue weighted by atomic mass is 19.2. The third-order valence-corrected chi connectivity index (χ3v) is 2.54. The minimum absolute atomic E-state index is 0.0332. The number of amides is 1. The van der Waals surface area contributed by atoms with Crippen LogP contribution in [0.25, 0.3) is 0 Å². The van der Waals surface area contributed by atoms with Crippen molar-refractivity contribution in [1.82, 2.24) is 0 Å². The van der Waals surface area contributed by atoms with Crippen molar-refractivity contribution in [1.29, 1.82) is 0 Å². The summed E-state index contributed by atoms with van der Waals surface area (Å²) in [5.41, 5.74) is 4.76. The molecular weight excluding hydrogens is 258 g/mol. The van der Waals surface area contributed by atoms with E-state index in [1.807, 2.05) is 0 Å². The van der Waals surface area contributed by atoms with Crippen LogP contribution in [0.3, 0.4) is 0 Å².